The molecule has 0 saturated carbocycles. The first-order valence-corrected chi connectivity index (χ1v) is 7.15. The summed E-state index contributed by atoms with van der Waals surface area (Å²) in [6.07, 6.45) is 2.53. The average Bonchev–Trinajstić information content (AvgIpc) is 2.72. The maximum absolute atomic E-state index is 5.73. The van der Waals surface area contributed by atoms with Crippen molar-refractivity contribution < 1.29 is 0 Å². The summed E-state index contributed by atoms with van der Waals surface area (Å²) in [6, 6.07) is 18.5. The molecule has 2 aromatic carbocycles. The third-order valence-corrected chi connectivity index (χ3v) is 3.78. The summed E-state index contributed by atoms with van der Waals surface area (Å²) in [5.74, 6) is 0.906. The molecule has 4 nitrogen and oxygen atoms in total. The number of hydrogen-bond acceptors (Lipinski definition) is 4. The van der Waals surface area contributed by atoms with E-state index in [2.05, 4.69) is 34.2 Å². The van der Waals surface area contributed by atoms with Crippen LogP contribution in [-0.2, 0) is 6.42 Å². The number of hydrogen-bond donors (Lipinski definition) is 1. The second-order valence-electron chi connectivity index (χ2n) is 5.24. The first-order chi connectivity index (χ1) is 10.8. The Morgan fingerprint density at radius 3 is 2.50 bits per heavy atom. The summed E-state index contributed by atoms with van der Waals surface area (Å²) in [6.45, 7) is 0. The summed E-state index contributed by atoms with van der Waals surface area (Å²) in [5, 5.41) is 0. The van der Waals surface area contributed by atoms with Gasteiger partial charge in [0, 0.05) is 29.3 Å². The van der Waals surface area contributed by atoms with Crippen molar-refractivity contribution in [1.82, 2.24) is 9.97 Å². The zero-order chi connectivity index (χ0) is 14.9. The molecule has 0 atom stereocenters. The highest BCUT2D eigenvalue weighted by Crippen LogP contribution is 2.29. The Morgan fingerprint density at radius 1 is 0.864 bits per heavy atom. The predicted molar refractivity (Wildman–Crippen MR) is 87.4 cm³/mol. The Hall–Kier alpha value is -3.01. The van der Waals surface area contributed by atoms with Gasteiger partial charge in [-0.15, -0.1) is 0 Å². The van der Waals surface area contributed by atoms with Gasteiger partial charge in [-0.25, -0.2) is 9.98 Å². The number of anilines is 1. The summed E-state index contributed by atoms with van der Waals surface area (Å²) in [7, 11) is 0. The van der Waals surface area contributed by atoms with Crippen molar-refractivity contribution in [2.24, 2.45) is 4.99 Å². The van der Waals surface area contributed by atoms with Crippen LogP contribution in [0, 0.1) is 0 Å². The highest BCUT2D eigenvalue weighted by Gasteiger charge is 2.18. The zero-order valence-corrected chi connectivity index (χ0v) is 11.9. The second kappa shape index (κ2) is 5.07. The van der Waals surface area contributed by atoms with E-state index in [1.807, 2.05) is 30.3 Å². The van der Waals surface area contributed by atoms with Crippen LogP contribution in [0.15, 0.2) is 65.8 Å². The molecule has 3 aromatic rings. The first-order valence-electron chi connectivity index (χ1n) is 7.15. The maximum atomic E-state index is 5.73. The van der Waals surface area contributed by atoms with Crippen LogP contribution in [0.3, 0.4) is 0 Å². The van der Waals surface area contributed by atoms with Crippen LogP contribution in [0.5, 0.6) is 0 Å². The molecule has 0 fully saturated rings. The van der Waals surface area contributed by atoms with Crippen LogP contribution in [0.1, 0.15) is 22.3 Å². The highest BCUT2D eigenvalue weighted by molar-refractivity contribution is 6.15. The molecule has 0 unspecified atom stereocenters. The fraction of sp³-hybridized carbons (Fsp3) is 0.0556. The van der Waals surface area contributed by atoms with Crippen molar-refractivity contribution in [1.29, 1.82) is 0 Å². The number of fused-ring (bicyclic) bond motifs is 2. The third-order valence-electron chi connectivity index (χ3n) is 3.78. The van der Waals surface area contributed by atoms with E-state index in [1.54, 1.807) is 6.20 Å². The minimum atomic E-state index is 0.251. The van der Waals surface area contributed by atoms with E-state index in [4.69, 9.17) is 10.7 Å². The lowest BCUT2D eigenvalue weighted by molar-refractivity contribution is 1.08. The van der Waals surface area contributed by atoms with Gasteiger partial charge in [0.2, 0.25) is 5.95 Å². The predicted octanol–water partition coefficient (Wildman–Crippen LogP) is 3.13. The van der Waals surface area contributed by atoms with Crippen molar-refractivity contribution in [2.75, 3.05) is 5.73 Å². The summed E-state index contributed by atoms with van der Waals surface area (Å²) < 4.78 is 0. The molecule has 0 amide bonds. The molecule has 4 heteroatoms. The number of aromatic nitrogens is 2. The van der Waals surface area contributed by atoms with Crippen LogP contribution < -0.4 is 5.73 Å². The zero-order valence-electron chi connectivity index (χ0n) is 11.9. The Morgan fingerprint density at radius 2 is 1.64 bits per heavy atom. The standard InChI is InChI=1S/C18H14N4/c19-18-20-11-14-10-13-8-4-5-9-15(13)16(21-17(14)22-18)12-6-2-1-3-7-12/h1-9,11H,10H2,(H2,19,20,22). The molecule has 2 N–H and O–H groups in total. The first kappa shape index (κ1) is 12.7. The fourth-order valence-corrected chi connectivity index (χ4v) is 2.73. The van der Waals surface area contributed by atoms with Crippen molar-refractivity contribution in [3.63, 3.8) is 0 Å². The average molecular weight is 286 g/mol. The van der Waals surface area contributed by atoms with E-state index in [1.165, 1.54) is 5.56 Å². The lowest BCUT2D eigenvalue weighted by Crippen LogP contribution is -2.05. The molecule has 4 rings (SSSR count). The monoisotopic (exact) mass is 286 g/mol. The topological polar surface area (TPSA) is 64.2 Å². The van der Waals surface area contributed by atoms with Gasteiger partial charge in [0.1, 0.15) is 0 Å². The molecule has 1 aliphatic heterocycles. The summed E-state index contributed by atoms with van der Waals surface area (Å²) in [4.78, 5) is 13.2. The molecule has 0 spiro atoms. The molecule has 106 valence electrons. The van der Waals surface area contributed by atoms with Gasteiger partial charge in [-0.2, -0.15) is 4.98 Å². The van der Waals surface area contributed by atoms with Gasteiger partial charge < -0.3 is 5.73 Å². The quantitative estimate of drug-likeness (QED) is 0.584. The fourth-order valence-electron chi connectivity index (χ4n) is 2.73. The highest BCUT2D eigenvalue weighted by atomic mass is 15.1. The largest absolute Gasteiger partial charge is 0.368 e. The van der Waals surface area contributed by atoms with Crippen molar-refractivity contribution >= 4 is 17.5 Å². The Balaban J connectivity index is 2.00. The molecule has 1 aromatic heterocycles. The van der Waals surface area contributed by atoms with Crippen LogP contribution in [0.25, 0.3) is 0 Å². The van der Waals surface area contributed by atoms with E-state index in [0.29, 0.717) is 5.82 Å². The van der Waals surface area contributed by atoms with Gasteiger partial charge >= 0.3 is 0 Å². The van der Waals surface area contributed by atoms with E-state index >= 15 is 0 Å². The van der Waals surface area contributed by atoms with Gasteiger partial charge in [0.15, 0.2) is 5.82 Å². The Labute approximate surface area is 128 Å². The molecule has 2 heterocycles. The van der Waals surface area contributed by atoms with Crippen LogP contribution >= 0.6 is 0 Å². The van der Waals surface area contributed by atoms with Gasteiger partial charge in [0.05, 0.1) is 5.71 Å². The molecule has 0 radical (unpaired) electrons. The van der Waals surface area contributed by atoms with Crippen molar-refractivity contribution in [3.8, 4) is 0 Å². The molecule has 0 aliphatic carbocycles. The SMILES string of the molecule is Nc1ncc2c(n1)N=C(c1ccccc1)c1ccccc1C2. The van der Waals surface area contributed by atoms with E-state index in [0.717, 1.165) is 28.8 Å². The molecule has 0 bridgehead atoms. The number of nitrogens with two attached hydrogens (primary N) is 1. The molecular formula is C18H14N4. The maximum Gasteiger partial charge on any atom is 0.222 e. The van der Waals surface area contributed by atoms with Crippen LogP contribution in [0.4, 0.5) is 11.8 Å². The van der Waals surface area contributed by atoms with E-state index in [9.17, 15) is 0 Å². The van der Waals surface area contributed by atoms with Crippen LogP contribution in [-0.4, -0.2) is 15.7 Å². The lowest BCUT2D eigenvalue weighted by atomic mass is 9.95. The molecule has 0 saturated heterocycles. The van der Waals surface area contributed by atoms with Crippen molar-refractivity contribution in [2.45, 2.75) is 6.42 Å². The minimum Gasteiger partial charge on any atom is -0.368 e. The molecular weight excluding hydrogens is 272 g/mol. The summed E-state index contributed by atoms with van der Waals surface area (Å²) >= 11 is 0. The minimum absolute atomic E-state index is 0.251. The van der Waals surface area contributed by atoms with Crippen molar-refractivity contribution in [3.05, 3.63) is 83.0 Å². The third kappa shape index (κ3) is 2.15. The van der Waals surface area contributed by atoms with Gasteiger partial charge in [-0.05, 0) is 5.56 Å². The number of rotatable bonds is 1. The number of nitrogens with zero attached hydrogens (tertiary/aromatic N) is 3. The second-order valence-corrected chi connectivity index (χ2v) is 5.24. The summed E-state index contributed by atoms with van der Waals surface area (Å²) in [5.41, 5.74) is 11.1. The molecule has 1 aliphatic rings. The van der Waals surface area contributed by atoms with E-state index < -0.39 is 0 Å². The number of benzene rings is 2. The van der Waals surface area contributed by atoms with Crippen LogP contribution in [0.2, 0.25) is 0 Å². The number of aliphatic imine (C=N–C) groups is 1. The Bertz CT molecular complexity index is 869. The van der Waals surface area contributed by atoms with Gasteiger partial charge in [-0.1, -0.05) is 54.6 Å². The Kier molecular flexibility index (Phi) is 2.93. The van der Waals surface area contributed by atoms with Gasteiger partial charge in [0.25, 0.3) is 0 Å². The number of nitrogen functional groups attached to an aromatic ring is 1. The normalized spacial score (nSPS) is 12.8. The smallest absolute Gasteiger partial charge is 0.222 e. The van der Waals surface area contributed by atoms with E-state index in [-0.39, 0.29) is 5.95 Å². The molecule has 22 heavy (non-hydrogen) atoms. The lowest BCUT2D eigenvalue weighted by Gasteiger charge is -2.09. The van der Waals surface area contributed by atoms with Gasteiger partial charge in [-0.3, -0.25) is 0 Å².